The number of anilines is 2. The second-order valence-electron chi connectivity index (χ2n) is 7.48. The summed E-state index contributed by atoms with van der Waals surface area (Å²) >= 11 is 6.30. The minimum absolute atomic E-state index is 0.00998. The first-order chi connectivity index (χ1) is 16.5. The number of hydrogen-bond acceptors (Lipinski definition) is 6. The molecule has 0 radical (unpaired) electrons. The zero-order chi connectivity index (χ0) is 25.5. The number of rotatable bonds is 5. The molecular formula is C22H18ClF3N8O. The number of pyridine rings is 1. The Labute approximate surface area is 202 Å². The molecule has 0 aliphatic heterocycles. The summed E-state index contributed by atoms with van der Waals surface area (Å²) in [6, 6.07) is 3.02. The number of alkyl halides is 3. The molecule has 0 saturated carbocycles. The van der Waals surface area contributed by atoms with E-state index in [1.807, 2.05) is 0 Å². The summed E-state index contributed by atoms with van der Waals surface area (Å²) in [5.74, 6) is -0.904. The second kappa shape index (κ2) is 8.87. The lowest BCUT2D eigenvalue weighted by atomic mass is 10.1. The fourth-order valence-electron chi connectivity index (χ4n) is 3.55. The van der Waals surface area contributed by atoms with Crippen LogP contribution in [0.15, 0.2) is 43.5 Å². The van der Waals surface area contributed by atoms with E-state index in [4.69, 9.17) is 17.3 Å². The monoisotopic (exact) mass is 502 g/mol. The highest BCUT2D eigenvalue weighted by Crippen LogP contribution is 2.36. The maximum atomic E-state index is 14.1. The van der Waals surface area contributed by atoms with E-state index in [9.17, 15) is 18.0 Å². The number of amides is 1. The molecule has 0 aliphatic carbocycles. The van der Waals surface area contributed by atoms with E-state index in [0.29, 0.717) is 27.1 Å². The molecule has 180 valence electrons. The molecule has 0 fully saturated rings. The third-order valence-electron chi connectivity index (χ3n) is 5.28. The van der Waals surface area contributed by atoms with Crippen LogP contribution < -0.4 is 11.1 Å². The first-order valence-electron chi connectivity index (χ1n) is 10.0. The molecule has 0 unspecified atom stereocenters. The molecule has 35 heavy (non-hydrogen) atoms. The Morgan fingerprint density at radius 2 is 1.83 bits per heavy atom. The minimum atomic E-state index is -4.91. The van der Waals surface area contributed by atoms with Gasteiger partial charge in [-0.15, -0.1) is 0 Å². The lowest BCUT2D eigenvalue weighted by Crippen LogP contribution is -2.21. The molecule has 0 aliphatic rings. The van der Waals surface area contributed by atoms with Gasteiger partial charge in [-0.2, -0.15) is 33.3 Å². The zero-order valence-electron chi connectivity index (χ0n) is 18.4. The van der Waals surface area contributed by atoms with Gasteiger partial charge < -0.3 is 11.1 Å². The van der Waals surface area contributed by atoms with Crippen LogP contribution in [0.5, 0.6) is 0 Å². The summed E-state index contributed by atoms with van der Waals surface area (Å²) in [4.78, 5) is 18.2. The van der Waals surface area contributed by atoms with Crippen LogP contribution in [-0.2, 0) is 6.18 Å². The summed E-state index contributed by atoms with van der Waals surface area (Å²) in [5.41, 5.74) is 5.80. The number of carbonyl (C=O) groups excluding carboxylic acids is 1. The SMILES string of the molecule is C=Cc1c(N)ncc(-n2ncc(C(=O)Nc3cc(Cl)c(-n4nccn4)cc3C)c2C(F)(F)F)c1C. The third kappa shape index (κ3) is 4.35. The number of nitrogens with zero attached hydrogens (tertiary/aromatic N) is 6. The van der Waals surface area contributed by atoms with Gasteiger partial charge in [-0.1, -0.05) is 24.3 Å². The first-order valence-corrected chi connectivity index (χ1v) is 10.4. The number of nitrogens with one attached hydrogen (secondary N) is 1. The van der Waals surface area contributed by atoms with Crippen molar-refractivity contribution in [1.29, 1.82) is 0 Å². The number of aromatic nitrogens is 6. The third-order valence-corrected chi connectivity index (χ3v) is 5.58. The maximum absolute atomic E-state index is 14.1. The fourth-order valence-corrected chi connectivity index (χ4v) is 3.79. The van der Waals surface area contributed by atoms with Gasteiger partial charge in [0.1, 0.15) is 11.5 Å². The molecule has 4 aromatic rings. The first kappa shape index (κ1) is 24.0. The van der Waals surface area contributed by atoms with Gasteiger partial charge in [0.15, 0.2) is 5.69 Å². The number of carbonyl (C=O) groups is 1. The van der Waals surface area contributed by atoms with Gasteiger partial charge in [0, 0.05) is 11.3 Å². The van der Waals surface area contributed by atoms with E-state index >= 15 is 0 Å². The van der Waals surface area contributed by atoms with Gasteiger partial charge in [-0.3, -0.25) is 4.79 Å². The Morgan fingerprint density at radius 1 is 1.14 bits per heavy atom. The van der Waals surface area contributed by atoms with E-state index in [2.05, 4.69) is 32.2 Å². The highest BCUT2D eigenvalue weighted by atomic mass is 35.5. The Kier molecular flexibility index (Phi) is 6.07. The van der Waals surface area contributed by atoms with Gasteiger partial charge in [-0.25, -0.2) is 9.67 Å². The van der Waals surface area contributed by atoms with Gasteiger partial charge in [0.25, 0.3) is 5.91 Å². The molecule has 0 atom stereocenters. The van der Waals surface area contributed by atoms with Crippen molar-refractivity contribution in [3.05, 3.63) is 76.5 Å². The van der Waals surface area contributed by atoms with Gasteiger partial charge in [0.05, 0.1) is 41.1 Å². The molecular weight excluding hydrogens is 485 g/mol. The molecule has 0 saturated heterocycles. The largest absolute Gasteiger partial charge is 0.434 e. The minimum Gasteiger partial charge on any atom is -0.383 e. The zero-order valence-corrected chi connectivity index (χ0v) is 19.2. The quantitative estimate of drug-likeness (QED) is 0.411. The fraction of sp³-hybridized carbons (Fsp3) is 0.136. The second-order valence-corrected chi connectivity index (χ2v) is 7.89. The smallest absolute Gasteiger partial charge is 0.383 e. The summed E-state index contributed by atoms with van der Waals surface area (Å²) in [6.45, 7) is 6.84. The number of nitrogens with two attached hydrogens (primary N) is 1. The van der Waals surface area contributed by atoms with Crippen LogP contribution in [0.3, 0.4) is 0 Å². The van der Waals surface area contributed by atoms with Crippen molar-refractivity contribution in [3.8, 4) is 11.4 Å². The van der Waals surface area contributed by atoms with Crippen LogP contribution in [-0.4, -0.2) is 35.7 Å². The van der Waals surface area contributed by atoms with Crippen LogP contribution in [0, 0.1) is 13.8 Å². The summed E-state index contributed by atoms with van der Waals surface area (Å²) in [6.07, 6.45) is 1.42. The highest BCUT2D eigenvalue weighted by molar-refractivity contribution is 6.32. The molecule has 1 amide bonds. The average molecular weight is 503 g/mol. The van der Waals surface area contributed by atoms with Crippen LogP contribution in [0.1, 0.15) is 32.7 Å². The molecule has 13 heteroatoms. The van der Waals surface area contributed by atoms with Crippen molar-refractivity contribution < 1.29 is 18.0 Å². The van der Waals surface area contributed by atoms with Crippen molar-refractivity contribution in [3.63, 3.8) is 0 Å². The average Bonchev–Trinajstić information content (AvgIpc) is 3.46. The van der Waals surface area contributed by atoms with Gasteiger partial charge in [0.2, 0.25) is 0 Å². The van der Waals surface area contributed by atoms with E-state index in [1.54, 1.807) is 19.9 Å². The number of aryl methyl sites for hydroxylation is 1. The van der Waals surface area contributed by atoms with Gasteiger partial charge in [-0.05, 0) is 37.1 Å². The number of hydrogen-bond donors (Lipinski definition) is 2. The predicted molar refractivity (Wildman–Crippen MR) is 125 cm³/mol. The Balaban J connectivity index is 1.75. The van der Waals surface area contributed by atoms with Gasteiger partial charge >= 0.3 is 6.18 Å². The van der Waals surface area contributed by atoms with Crippen LogP contribution >= 0.6 is 11.6 Å². The van der Waals surface area contributed by atoms with Crippen molar-refractivity contribution in [1.82, 2.24) is 29.8 Å². The Bertz CT molecular complexity index is 1440. The van der Waals surface area contributed by atoms with E-state index in [-0.39, 0.29) is 22.2 Å². The molecule has 3 heterocycles. The predicted octanol–water partition coefficient (Wildman–Crippen LogP) is 4.61. The number of benzene rings is 1. The van der Waals surface area contributed by atoms with E-state index < -0.39 is 23.3 Å². The van der Waals surface area contributed by atoms with Crippen molar-refractivity contribution in [2.45, 2.75) is 20.0 Å². The molecule has 3 aromatic heterocycles. The summed E-state index contributed by atoms with van der Waals surface area (Å²) < 4.78 is 43.0. The van der Waals surface area contributed by atoms with E-state index in [1.165, 1.54) is 29.3 Å². The molecule has 0 bridgehead atoms. The van der Waals surface area contributed by atoms with Crippen LogP contribution in [0.25, 0.3) is 17.5 Å². The maximum Gasteiger partial charge on any atom is 0.434 e. The van der Waals surface area contributed by atoms with Crippen molar-refractivity contribution in [2.24, 2.45) is 0 Å². The number of nitrogen functional groups attached to an aromatic ring is 1. The highest BCUT2D eigenvalue weighted by Gasteiger charge is 2.41. The van der Waals surface area contributed by atoms with Crippen molar-refractivity contribution in [2.75, 3.05) is 11.1 Å². The lowest BCUT2D eigenvalue weighted by molar-refractivity contribution is -0.143. The summed E-state index contributed by atoms with van der Waals surface area (Å²) in [7, 11) is 0. The molecule has 9 nitrogen and oxygen atoms in total. The summed E-state index contributed by atoms with van der Waals surface area (Å²) in [5, 5.41) is 14.5. The molecule has 3 N–H and O–H groups in total. The van der Waals surface area contributed by atoms with Crippen LogP contribution in [0.2, 0.25) is 5.02 Å². The van der Waals surface area contributed by atoms with Crippen molar-refractivity contribution >= 4 is 35.1 Å². The topological polar surface area (TPSA) is 117 Å². The molecule has 0 spiro atoms. The standard InChI is InChI=1S/C22H18ClF3N8O/c1-4-13-12(3)18(10-28-20(13)27)33-19(22(24,25)26)14(9-31-33)21(35)32-16-8-15(23)17(7-11(16)2)34-29-5-6-30-34/h4-10H,1H2,2-3H3,(H2,27,28)(H,32,35). The Morgan fingerprint density at radius 3 is 2.46 bits per heavy atom. The normalized spacial score (nSPS) is 11.5. The Hall–Kier alpha value is -4.19. The lowest BCUT2D eigenvalue weighted by Gasteiger charge is -2.16. The van der Waals surface area contributed by atoms with E-state index in [0.717, 1.165) is 12.4 Å². The molecule has 1 aromatic carbocycles. The van der Waals surface area contributed by atoms with Crippen LogP contribution in [0.4, 0.5) is 24.7 Å². The molecule has 4 rings (SSSR count). The number of halogens is 4.